The van der Waals surface area contributed by atoms with Crippen molar-refractivity contribution in [1.29, 1.82) is 0 Å². The van der Waals surface area contributed by atoms with Gasteiger partial charge in [0.2, 0.25) is 0 Å². The van der Waals surface area contributed by atoms with Crippen LogP contribution in [0.1, 0.15) is 57.5 Å². The van der Waals surface area contributed by atoms with Crippen molar-refractivity contribution < 1.29 is 14.3 Å². The smallest absolute Gasteiger partial charge is 0.310 e. The van der Waals surface area contributed by atoms with E-state index in [4.69, 9.17) is 4.74 Å². The number of esters is 1. The van der Waals surface area contributed by atoms with Crippen LogP contribution in [0.4, 0.5) is 0 Å². The van der Waals surface area contributed by atoms with E-state index in [0.29, 0.717) is 24.6 Å². The molecule has 0 saturated carbocycles. The van der Waals surface area contributed by atoms with Gasteiger partial charge in [0.15, 0.2) is 0 Å². The normalized spacial score (nSPS) is 12.8. The van der Waals surface area contributed by atoms with Crippen molar-refractivity contribution in [1.82, 2.24) is 4.90 Å². The number of hydrogen-bond acceptors (Lipinski definition) is 3. The van der Waals surface area contributed by atoms with Crippen LogP contribution in [0.3, 0.4) is 0 Å². The average Bonchev–Trinajstić information content (AvgIpc) is 2.51. The molecular formula is C20H31NO3. The molecule has 0 saturated heterocycles. The molecule has 0 N–H and O–H groups in total. The van der Waals surface area contributed by atoms with Crippen molar-refractivity contribution in [3.8, 4) is 0 Å². The summed E-state index contributed by atoms with van der Waals surface area (Å²) in [6.45, 7) is 13.3. The highest BCUT2D eigenvalue weighted by atomic mass is 16.5. The van der Waals surface area contributed by atoms with Gasteiger partial charge in [-0.1, -0.05) is 53.7 Å². The van der Waals surface area contributed by atoms with Crippen molar-refractivity contribution in [3.63, 3.8) is 0 Å². The lowest BCUT2D eigenvalue weighted by atomic mass is 9.86. The highest BCUT2D eigenvalue weighted by molar-refractivity contribution is 5.94. The first kappa shape index (κ1) is 20.2. The number of benzene rings is 1. The van der Waals surface area contributed by atoms with Crippen LogP contribution in [0.2, 0.25) is 0 Å². The molecular weight excluding hydrogens is 302 g/mol. The number of hydrogen-bond donors (Lipinski definition) is 0. The van der Waals surface area contributed by atoms with Gasteiger partial charge in [-0.25, -0.2) is 0 Å². The Bertz CT molecular complexity index is 555. The summed E-state index contributed by atoms with van der Waals surface area (Å²) in [5.74, 6) is -0.348. The minimum Gasteiger partial charge on any atom is -0.469 e. The SMILES string of the molecule is COC(=O)C(C)CN(CC(C)C)C(=O)c1ccc(C(C)(C)C)cc1. The second-order valence-corrected chi connectivity index (χ2v) is 7.86. The lowest BCUT2D eigenvalue weighted by Gasteiger charge is -2.27. The third-order valence-corrected chi connectivity index (χ3v) is 3.97. The van der Waals surface area contributed by atoms with Gasteiger partial charge in [0.1, 0.15) is 0 Å². The molecule has 1 unspecified atom stereocenters. The standard InChI is InChI=1S/C20H31NO3/c1-14(2)12-21(13-15(3)19(23)24-7)18(22)16-8-10-17(11-9-16)20(4,5)6/h8-11,14-15H,12-13H2,1-7H3. The lowest BCUT2D eigenvalue weighted by Crippen LogP contribution is -2.39. The van der Waals surface area contributed by atoms with Gasteiger partial charge in [0.05, 0.1) is 13.0 Å². The molecule has 0 aliphatic rings. The molecule has 0 aliphatic heterocycles. The van der Waals surface area contributed by atoms with Gasteiger partial charge in [-0.2, -0.15) is 0 Å². The summed E-state index contributed by atoms with van der Waals surface area (Å²) in [6.07, 6.45) is 0. The van der Waals surface area contributed by atoms with Crippen LogP contribution in [0.25, 0.3) is 0 Å². The summed E-state index contributed by atoms with van der Waals surface area (Å²) in [5.41, 5.74) is 1.90. The number of carbonyl (C=O) groups is 2. The van der Waals surface area contributed by atoms with Crippen LogP contribution < -0.4 is 0 Å². The minimum absolute atomic E-state index is 0.0417. The van der Waals surface area contributed by atoms with E-state index in [0.717, 1.165) is 0 Å². The maximum atomic E-state index is 12.9. The zero-order valence-corrected chi connectivity index (χ0v) is 16.1. The first-order chi connectivity index (χ1) is 11.1. The van der Waals surface area contributed by atoms with Crippen LogP contribution in [0.15, 0.2) is 24.3 Å². The van der Waals surface area contributed by atoms with Crippen molar-refractivity contribution in [3.05, 3.63) is 35.4 Å². The zero-order chi connectivity index (χ0) is 18.5. The van der Waals surface area contributed by atoms with E-state index in [-0.39, 0.29) is 23.2 Å². The zero-order valence-electron chi connectivity index (χ0n) is 16.1. The molecule has 1 amide bonds. The first-order valence-corrected chi connectivity index (χ1v) is 8.54. The highest BCUT2D eigenvalue weighted by Gasteiger charge is 2.23. The maximum Gasteiger partial charge on any atom is 0.310 e. The van der Waals surface area contributed by atoms with Gasteiger partial charge in [-0.3, -0.25) is 9.59 Å². The molecule has 4 heteroatoms. The molecule has 0 radical (unpaired) electrons. The minimum atomic E-state index is -0.341. The number of rotatable bonds is 6. The largest absolute Gasteiger partial charge is 0.469 e. The molecule has 1 atom stereocenters. The fourth-order valence-corrected chi connectivity index (χ4v) is 2.58. The molecule has 1 rings (SSSR count). The van der Waals surface area contributed by atoms with E-state index in [9.17, 15) is 9.59 Å². The van der Waals surface area contributed by atoms with E-state index in [2.05, 4.69) is 34.6 Å². The molecule has 4 nitrogen and oxygen atoms in total. The number of nitrogens with zero attached hydrogens (tertiary/aromatic N) is 1. The Hall–Kier alpha value is -1.84. The Kier molecular flexibility index (Phi) is 7.00. The van der Waals surface area contributed by atoms with E-state index < -0.39 is 0 Å². The van der Waals surface area contributed by atoms with Gasteiger partial charge in [0, 0.05) is 18.7 Å². The molecule has 1 aromatic rings. The van der Waals surface area contributed by atoms with Gasteiger partial charge < -0.3 is 9.64 Å². The van der Waals surface area contributed by atoms with Crippen LogP contribution >= 0.6 is 0 Å². The Balaban J connectivity index is 2.97. The number of amides is 1. The highest BCUT2D eigenvalue weighted by Crippen LogP contribution is 2.22. The third-order valence-electron chi connectivity index (χ3n) is 3.97. The Morgan fingerprint density at radius 1 is 1.04 bits per heavy atom. The van der Waals surface area contributed by atoms with E-state index in [1.165, 1.54) is 12.7 Å². The average molecular weight is 333 g/mol. The Morgan fingerprint density at radius 2 is 1.58 bits per heavy atom. The molecule has 0 aromatic heterocycles. The second kappa shape index (κ2) is 8.32. The van der Waals surface area contributed by atoms with E-state index in [1.807, 2.05) is 24.3 Å². The maximum absolute atomic E-state index is 12.9. The Morgan fingerprint density at radius 3 is 2.00 bits per heavy atom. The molecule has 0 spiro atoms. The van der Waals surface area contributed by atoms with Crippen molar-refractivity contribution in [2.75, 3.05) is 20.2 Å². The van der Waals surface area contributed by atoms with Crippen LogP contribution in [0.5, 0.6) is 0 Å². The monoisotopic (exact) mass is 333 g/mol. The molecule has 1 aromatic carbocycles. The Labute approximate surface area is 146 Å². The second-order valence-electron chi connectivity index (χ2n) is 7.86. The molecule has 24 heavy (non-hydrogen) atoms. The van der Waals surface area contributed by atoms with Gasteiger partial charge in [-0.05, 0) is 29.0 Å². The number of methoxy groups -OCH3 is 1. The number of carbonyl (C=O) groups excluding carboxylic acids is 2. The summed E-state index contributed by atoms with van der Waals surface area (Å²) < 4.78 is 4.78. The van der Waals surface area contributed by atoms with Gasteiger partial charge >= 0.3 is 5.97 Å². The van der Waals surface area contributed by atoms with Crippen molar-refractivity contribution in [2.45, 2.75) is 47.0 Å². The fraction of sp³-hybridized carbons (Fsp3) is 0.600. The summed E-state index contributed by atoms with van der Waals surface area (Å²) in [7, 11) is 1.37. The van der Waals surface area contributed by atoms with Gasteiger partial charge in [0.25, 0.3) is 5.91 Å². The van der Waals surface area contributed by atoms with Crippen molar-refractivity contribution >= 4 is 11.9 Å². The third kappa shape index (κ3) is 5.66. The molecule has 0 bridgehead atoms. The summed E-state index contributed by atoms with van der Waals surface area (Å²) >= 11 is 0. The van der Waals surface area contributed by atoms with Crippen LogP contribution in [0, 0.1) is 11.8 Å². The molecule has 0 heterocycles. The lowest BCUT2D eigenvalue weighted by molar-refractivity contribution is -0.145. The van der Waals surface area contributed by atoms with Crippen LogP contribution in [-0.2, 0) is 14.9 Å². The van der Waals surface area contributed by atoms with E-state index >= 15 is 0 Å². The quantitative estimate of drug-likeness (QED) is 0.742. The van der Waals surface area contributed by atoms with Crippen molar-refractivity contribution in [2.24, 2.45) is 11.8 Å². The van der Waals surface area contributed by atoms with Gasteiger partial charge in [-0.15, -0.1) is 0 Å². The van der Waals surface area contributed by atoms with E-state index in [1.54, 1.807) is 11.8 Å². The summed E-state index contributed by atoms with van der Waals surface area (Å²) in [6, 6.07) is 7.76. The number of ether oxygens (including phenoxy) is 1. The molecule has 134 valence electrons. The van der Waals surface area contributed by atoms with Crippen LogP contribution in [-0.4, -0.2) is 37.0 Å². The molecule has 0 aliphatic carbocycles. The summed E-state index contributed by atoms with van der Waals surface area (Å²) in [5, 5.41) is 0. The fourth-order valence-electron chi connectivity index (χ4n) is 2.58. The predicted octanol–water partition coefficient (Wildman–Crippen LogP) is 3.89. The molecule has 0 fully saturated rings. The predicted molar refractivity (Wildman–Crippen MR) is 97.1 cm³/mol. The summed E-state index contributed by atoms with van der Waals surface area (Å²) in [4.78, 5) is 26.3. The topological polar surface area (TPSA) is 46.6 Å². The first-order valence-electron chi connectivity index (χ1n) is 8.54.